The van der Waals surface area contributed by atoms with Crippen molar-refractivity contribution in [2.24, 2.45) is 0 Å². The number of rotatable bonds is 8. The van der Waals surface area contributed by atoms with Crippen molar-refractivity contribution in [1.82, 2.24) is 10.2 Å². The third-order valence-corrected chi connectivity index (χ3v) is 7.32. The lowest BCUT2D eigenvalue weighted by atomic mass is 10.1. The molecule has 2 heterocycles. The van der Waals surface area contributed by atoms with Crippen molar-refractivity contribution in [3.05, 3.63) is 40.3 Å². The number of aliphatic hydroxyl groups is 2. The lowest BCUT2D eigenvalue weighted by Crippen LogP contribution is -2.55. The highest BCUT2D eigenvalue weighted by Crippen LogP contribution is 2.33. The number of para-hydroxylation sites is 1. The van der Waals surface area contributed by atoms with Crippen LogP contribution < -0.4 is 10.2 Å². The zero-order valence-electron chi connectivity index (χ0n) is 17.7. The zero-order valence-corrected chi connectivity index (χ0v) is 19.2. The van der Waals surface area contributed by atoms with Crippen LogP contribution in [0.3, 0.4) is 0 Å². The van der Waals surface area contributed by atoms with Crippen LogP contribution in [-0.4, -0.2) is 77.1 Å². The van der Waals surface area contributed by atoms with Crippen molar-refractivity contribution in [1.29, 1.82) is 0 Å². The van der Waals surface area contributed by atoms with E-state index in [9.17, 15) is 19.8 Å². The van der Waals surface area contributed by atoms with Crippen LogP contribution in [0.5, 0.6) is 0 Å². The van der Waals surface area contributed by atoms with Gasteiger partial charge < -0.3 is 25.3 Å². The maximum Gasteiger partial charge on any atom is 0.254 e. The van der Waals surface area contributed by atoms with Gasteiger partial charge in [-0.2, -0.15) is 0 Å². The molecule has 0 aliphatic carbocycles. The Morgan fingerprint density at radius 1 is 1.19 bits per heavy atom. The van der Waals surface area contributed by atoms with Gasteiger partial charge in [-0.15, -0.1) is 11.8 Å². The number of nitrogens with one attached hydrogen (secondary N) is 1. The number of benzene rings is 1. The van der Waals surface area contributed by atoms with Crippen molar-refractivity contribution < 1.29 is 19.8 Å². The second-order valence-corrected chi connectivity index (χ2v) is 9.41. The molecule has 2 amide bonds. The van der Waals surface area contributed by atoms with E-state index in [1.54, 1.807) is 11.8 Å². The smallest absolute Gasteiger partial charge is 0.254 e. The lowest BCUT2D eigenvalue weighted by molar-refractivity contribution is -0.153. The molecule has 3 N–H and O–H groups in total. The molecule has 1 aromatic rings. The first kappa shape index (κ1) is 23.9. The number of allylic oxidation sites excluding steroid dienone is 1. The average Bonchev–Trinajstić information content (AvgIpc) is 3.26. The van der Waals surface area contributed by atoms with E-state index in [0.29, 0.717) is 43.0 Å². The van der Waals surface area contributed by atoms with Crippen molar-refractivity contribution in [3.8, 4) is 0 Å². The zero-order chi connectivity index (χ0) is 22.4. The minimum Gasteiger partial charge on any atom is -0.380 e. The molecule has 31 heavy (non-hydrogen) atoms. The van der Waals surface area contributed by atoms with Gasteiger partial charge >= 0.3 is 0 Å². The standard InChI is InChI=1S/C22H30ClN3O4S/c1-2-15-13-16(31-14-15)7-8-24-21(29)19(27)20(28)22(30)26-11-9-25(10-12-26)18-6-4-3-5-17(18)23/h3-6,14,16,19-20,27-28H,2,7-13H2,1H3,(H,24,29)/t16?,19-,20-/m1/s1. The van der Waals surface area contributed by atoms with E-state index in [2.05, 4.69) is 22.5 Å². The maximum absolute atomic E-state index is 12.6. The SMILES string of the molecule is CCC1=CSC(CCNC(=O)[C@H](O)[C@@H](O)C(=O)N2CCN(c3ccccc3Cl)CC2)C1. The molecule has 1 aromatic carbocycles. The Morgan fingerprint density at radius 2 is 1.90 bits per heavy atom. The third kappa shape index (κ3) is 6.16. The van der Waals surface area contributed by atoms with Gasteiger partial charge in [0.05, 0.1) is 10.7 Å². The van der Waals surface area contributed by atoms with Crippen LogP contribution in [-0.2, 0) is 9.59 Å². The summed E-state index contributed by atoms with van der Waals surface area (Å²) >= 11 is 8.00. The highest BCUT2D eigenvalue weighted by Gasteiger charge is 2.34. The number of carbonyl (C=O) groups is 2. The van der Waals surface area contributed by atoms with Crippen molar-refractivity contribution in [2.75, 3.05) is 37.6 Å². The fourth-order valence-corrected chi connectivity index (χ4v) is 5.25. The average molecular weight is 468 g/mol. The van der Waals surface area contributed by atoms with E-state index >= 15 is 0 Å². The van der Waals surface area contributed by atoms with Crippen molar-refractivity contribution in [3.63, 3.8) is 0 Å². The van der Waals surface area contributed by atoms with Gasteiger partial charge in [-0.3, -0.25) is 9.59 Å². The predicted molar refractivity (Wildman–Crippen MR) is 124 cm³/mol. The molecule has 2 aliphatic heterocycles. The third-order valence-electron chi connectivity index (χ3n) is 5.74. The van der Waals surface area contributed by atoms with E-state index in [1.807, 2.05) is 24.3 Å². The Kier molecular flexibility index (Phi) is 8.66. The summed E-state index contributed by atoms with van der Waals surface area (Å²) in [4.78, 5) is 28.3. The largest absolute Gasteiger partial charge is 0.380 e. The van der Waals surface area contributed by atoms with Gasteiger partial charge in [0.1, 0.15) is 0 Å². The van der Waals surface area contributed by atoms with E-state index in [1.165, 1.54) is 10.5 Å². The summed E-state index contributed by atoms with van der Waals surface area (Å²) in [5.74, 6) is -1.35. The first-order valence-electron chi connectivity index (χ1n) is 10.7. The molecule has 0 radical (unpaired) electrons. The lowest BCUT2D eigenvalue weighted by Gasteiger charge is -2.37. The fourth-order valence-electron chi connectivity index (χ4n) is 3.78. The number of aliphatic hydroxyl groups excluding tert-OH is 2. The van der Waals surface area contributed by atoms with Crippen LogP contribution in [0, 0.1) is 0 Å². The van der Waals surface area contributed by atoms with Gasteiger partial charge in [0.25, 0.3) is 11.8 Å². The van der Waals surface area contributed by atoms with Crippen molar-refractivity contribution >= 4 is 40.9 Å². The second kappa shape index (κ2) is 11.2. The topological polar surface area (TPSA) is 93.1 Å². The number of carbonyl (C=O) groups excluding carboxylic acids is 2. The Bertz CT molecular complexity index is 814. The number of piperazine rings is 1. The van der Waals surface area contributed by atoms with Gasteiger partial charge in [-0.25, -0.2) is 0 Å². The number of hydrogen-bond donors (Lipinski definition) is 3. The molecule has 170 valence electrons. The Balaban J connectivity index is 1.42. The molecular weight excluding hydrogens is 438 g/mol. The molecule has 3 rings (SSSR count). The van der Waals surface area contributed by atoms with Crippen LogP contribution in [0.25, 0.3) is 0 Å². The summed E-state index contributed by atoms with van der Waals surface area (Å²) in [5.41, 5.74) is 2.31. The summed E-state index contributed by atoms with van der Waals surface area (Å²) in [7, 11) is 0. The summed E-state index contributed by atoms with van der Waals surface area (Å²) in [6.07, 6.45) is -0.733. The Labute approximate surface area is 192 Å². The minimum absolute atomic E-state index is 0.376. The molecule has 2 aliphatic rings. The van der Waals surface area contributed by atoms with Crippen LogP contribution in [0.4, 0.5) is 5.69 Å². The van der Waals surface area contributed by atoms with E-state index in [0.717, 1.165) is 24.9 Å². The Morgan fingerprint density at radius 3 is 2.55 bits per heavy atom. The second-order valence-electron chi connectivity index (χ2n) is 7.82. The van der Waals surface area contributed by atoms with Gasteiger partial charge in [0.2, 0.25) is 0 Å². The van der Waals surface area contributed by atoms with Crippen LogP contribution >= 0.6 is 23.4 Å². The molecule has 1 fully saturated rings. The number of hydrogen-bond acceptors (Lipinski definition) is 6. The number of thioether (sulfide) groups is 1. The summed E-state index contributed by atoms with van der Waals surface area (Å²) in [6.45, 7) is 4.38. The van der Waals surface area contributed by atoms with E-state index < -0.39 is 24.0 Å². The first-order valence-corrected chi connectivity index (χ1v) is 12.0. The summed E-state index contributed by atoms with van der Waals surface area (Å²) < 4.78 is 0. The van der Waals surface area contributed by atoms with Crippen LogP contribution in [0.15, 0.2) is 35.2 Å². The number of anilines is 1. The minimum atomic E-state index is -1.78. The molecule has 1 saturated heterocycles. The molecule has 0 spiro atoms. The highest BCUT2D eigenvalue weighted by atomic mass is 35.5. The molecule has 7 nitrogen and oxygen atoms in total. The van der Waals surface area contributed by atoms with E-state index in [-0.39, 0.29) is 0 Å². The number of nitrogens with zero attached hydrogens (tertiary/aromatic N) is 2. The number of amides is 2. The monoisotopic (exact) mass is 467 g/mol. The van der Waals surface area contributed by atoms with Gasteiger partial charge in [0, 0.05) is 38.0 Å². The van der Waals surface area contributed by atoms with Crippen LogP contribution in [0.2, 0.25) is 5.02 Å². The summed E-state index contributed by atoms with van der Waals surface area (Å²) in [6, 6.07) is 7.51. The summed E-state index contributed by atoms with van der Waals surface area (Å²) in [5, 5.41) is 26.3. The first-order chi connectivity index (χ1) is 14.9. The highest BCUT2D eigenvalue weighted by molar-refractivity contribution is 8.03. The molecule has 9 heteroatoms. The molecule has 1 unspecified atom stereocenters. The van der Waals surface area contributed by atoms with Gasteiger partial charge in [0.15, 0.2) is 12.2 Å². The van der Waals surface area contributed by atoms with E-state index in [4.69, 9.17) is 11.6 Å². The number of halogens is 1. The maximum atomic E-state index is 12.6. The predicted octanol–water partition coefficient (Wildman–Crippen LogP) is 2.02. The quantitative estimate of drug-likeness (QED) is 0.541. The Hall–Kier alpha value is -1.74. The molecule has 0 aromatic heterocycles. The fraction of sp³-hybridized carbons (Fsp3) is 0.545. The van der Waals surface area contributed by atoms with Crippen LogP contribution in [0.1, 0.15) is 26.2 Å². The molecule has 3 atom stereocenters. The van der Waals surface area contributed by atoms with Gasteiger partial charge in [-0.1, -0.05) is 36.2 Å². The normalized spacial score (nSPS) is 20.9. The van der Waals surface area contributed by atoms with Gasteiger partial charge in [-0.05, 0) is 36.8 Å². The van der Waals surface area contributed by atoms with Crippen molar-refractivity contribution in [2.45, 2.75) is 43.6 Å². The molecule has 0 saturated carbocycles. The molecule has 0 bridgehead atoms. The molecular formula is C22H30ClN3O4S.